The monoisotopic (exact) mass is 237 g/mol. The molecule has 0 atom stereocenters. The van der Waals surface area contributed by atoms with Crippen molar-refractivity contribution in [2.75, 3.05) is 13.7 Å². The van der Waals surface area contributed by atoms with Crippen molar-refractivity contribution in [1.82, 2.24) is 5.32 Å². The number of rotatable bonds is 5. The van der Waals surface area contributed by atoms with Gasteiger partial charge in [0.2, 0.25) is 5.91 Å². The van der Waals surface area contributed by atoms with E-state index in [-0.39, 0.29) is 24.6 Å². The van der Waals surface area contributed by atoms with Gasteiger partial charge < -0.3 is 15.2 Å². The molecule has 1 amide bonds. The summed E-state index contributed by atoms with van der Waals surface area (Å²) in [5.41, 5.74) is 0.709. The van der Waals surface area contributed by atoms with E-state index in [1.807, 2.05) is 0 Å². The number of aryl methyl sites for hydroxylation is 1. The van der Waals surface area contributed by atoms with Crippen LogP contribution in [-0.2, 0) is 20.7 Å². The minimum atomic E-state index is -0.485. The predicted molar refractivity (Wildman–Crippen MR) is 61.5 cm³/mol. The third-order valence-corrected chi connectivity index (χ3v) is 2.27. The van der Waals surface area contributed by atoms with E-state index in [2.05, 4.69) is 10.1 Å². The molecule has 2 N–H and O–H groups in total. The second kappa shape index (κ2) is 6.52. The van der Waals surface area contributed by atoms with Crippen LogP contribution in [0.2, 0.25) is 0 Å². The average Bonchev–Trinajstić information content (AvgIpc) is 2.35. The minimum Gasteiger partial charge on any atom is -0.508 e. The summed E-state index contributed by atoms with van der Waals surface area (Å²) in [5.74, 6) is -0.562. The number of carbonyl (C=O) groups is 2. The quantitative estimate of drug-likeness (QED) is 0.736. The fourth-order valence-electron chi connectivity index (χ4n) is 1.30. The van der Waals surface area contributed by atoms with Crippen molar-refractivity contribution in [3.05, 3.63) is 29.8 Å². The number of phenolic OH excluding ortho intramolecular Hbond substituents is 1. The topological polar surface area (TPSA) is 75.6 Å². The summed E-state index contributed by atoms with van der Waals surface area (Å²) in [5, 5.41) is 11.9. The van der Waals surface area contributed by atoms with Crippen LogP contribution in [0.3, 0.4) is 0 Å². The van der Waals surface area contributed by atoms with Crippen LogP contribution in [0.15, 0.2) is 24.3 Å². The first-order valence-corrected chi connectivity index (χ1v) is 5.24. The van der Waals surface area contributed by atoms with Gasteiger partial charge in [0.1, 0.15) is 12.3 Å². The van der Waals surface area contributed by atoms with E-state index in [1.54, 1.807) is 24.3 Å². The number of carbonyl (C=O) groups excluding carboxylic acids is 2. The zero-order valence-electron chi connectivity index (χ0n) is 9.60. The Labute approximate surface area is 99.4 Å². The number of methoxy groups -OCH3 is 1. The molecule has 0 aliphatic rings. The fourth-order valence-corrected chi connectivity index (χ4v) is 1.30. The van der Waals surface area contributed by atoms with Crippen molar-refractivity contribution < 1.29 is 19.4 Å². The van der Waals surface area contributed by atoms with Gasteiger partial charge in [0.05, 0.1) is 7.11 Å². The van der Waals surface area contributed by atoms with Crippen LogP contribution < -0.4 is 5.32 Å². The minimum absolute atomic E-state index is 0.129. The van der Waals surface area contributed by atoms with Gasteiger partial charge in [-0.25, -0.2) is 0 Å². The summed E-state index contributed by atoms with van der Waals surface area (Å²) in [4.78, 5) is 22.1. The van der Waals surface area contributed by atoms with Crippen LogP contribution in [-0.4, -0.2) is 30.6 Å². The first-order valence-electron chi connectivity index (χ1n) is 5.24. The summed E-state index contributed by atoms with van der Waals surface area (Å²) in [6.45, 7) is -0.129. The van der Waals surface area contributed by atoms with Gasteiger partial charge in [0.15, 0.2) is 0 Å². The Hall–Kier alpha value is -2.04. The first kappa shape index (κ1) is 13.0. The number of benzene rings is 1. The second-order valence-electron chi connectivity index (χ2n) is 3.48. The van der Waals surface area contributed by atoms with E-state index in [0.29, 0.717) is 12.0 Å². The molecule has 5 nitrogen and oxygen atoms in total. The Balaban J connectivity index is 2.34. The second-order valence-corrected chi connectivity index (χ2v) is 3.48. The Morgan fingerprint density at radius 1 is 1.35 bits per heavy atom. The molecule has 0 unspecified atom stereocenters. The molecule has 1 rings (SSSR count). The number of nitrogens with one attached hydrogen (secondary N) is 1. The standard InChI is InChI=1S/C12H15NO4/c1-17-12(16)8-13-11(15)7-6-9-4-2-3-5-10(9)14/h2-5,14H,6-8H2,1H3,(H,13,15). The van der Waals surface area contributed by atoms with Gasteiger partial charge in [-0.15, -0.1) is 0 Å². The number of hydrogen-bond donors (Lipinski definition) is 2. The highest BCUT2D eigenvalue weighted by atomic mass is 16.5. The lowest BCUT2D eigenvalue weighted by atomic mass is 10.1. The van der Waals surface area contributed by atoms with E-state index in [4.69, 9.17) is 0 Å². The molecule has 0 bridgehead atoms. The highest BCUT2D eigenvalue weighted by molar-refractivity contribution is 5.81. The average molecular weight is 237 g/mol. The van der Waals surface area contributed by atoms with Crippen LogP contribution in [0.5, 0.6) is 5.75 Å². The molecule has 0 heterocycles. The smallest absolute Gasteiger partial charge is 0.325 e. The normalized spacial score (nSPS) is 9.71. The summed E-state index contributed by atoms with van der Waals surface area (Å²) >= 11 is 0. The molecule has 1 aromatic rings. The Morgan fingerprint density at radius 2 is 2.06 bits per heavy atom. The number of aromatic hydroxyl groups is 1. The van der Waals surface area contributed by atoms with Gasteiger partial charge in [-0.3, -0.25) is 9.59 Å². The van der Waals surface area contributed by atoms with Gasteiger partial charge in [0, 0.05) is 6.42 Å². The highest BCUT2D eigenvalue weighted by Crippen LogP contribution is 2.16. The zero-order chi connectivity index (χ0) is 12.7. The van der Waals surface area contributed by atoms with Crippen LogP contribution in [0, 0.1) is 0 Å². The molecular weight excluding hydrogens is 222 g/mol. The number of phenols is 1. The van der Waals surface area contributed by atoms with Crippen LogP contribution in [0.25, 0.3) is 0 Å². The molecule has 0 radical (unpaired) electrons. The molecule has 0 aliphatic heterocycles. The summed E-state index contributed by atoms with van der Waals surface area (Å²) < 4.78 is 4.39. The van der Waals surface area contributed by atoms with Crippen LogP contribution in [0.4, 0.5) is 0 Å². The SMILES string of the molecule is COC(=O)CNC(=O)CCc1ccccc1O. The van der Waals surface area contributed by atoms with Crippen LogP contribution in [0.1, 0.15) is 12.0 Å². The van der Waals surface area contributed by atoms with E-state index >= 15 is 0 Å². The lowest BCUT2D eigenvalue weighted by Crippen LogP contribution is -2.30. The van der Waals surface area contributed by atoms with Crippen molar-refractivity contribution >= 4 is 11.9 Å². The van der Waals surface area contributed by atoms with E-state index in [9.17, 15) is 14.7 Å². The number of hydrogen-bond acceptors (Lipinski definition) is 4. The predicted octanol–water partition coefficient (Wildman–Crippen LogP) is 0.614. The van der Waals surface area contributed by atoms with Crippen molar-refractivity contribution in [2.45, 2.75) is 12.8 Å². The molecule has 17 heavy (non-hydrogen) atoms. The molecular formula is C12H15NO4. The molecule has 92 valence electrons. The van der Waals surface area contributed by atoms with Gasteiger partial charge in [-0.05, 0) is 18.1 Å². The van der Waals surface area contributed by atoms with Crippen molar-refractivity contribution in [3.63, 3.8) is 0 Å². The van der Waals surface area contributed by atoms with E-state index < -0.39 is 5.97 Å². The molecule has 0 saturated heterocycles. The third-order valence-electron chi connectivity index (χ3n) is 2.27. The van der Waals surface area contributed by atoms with Gasteiger partial charge in [0.25, 0.3) is 0 Å². The maximum absolute atomic E-state index is 11.3. The van der Waals surface area contributed by atoms with Gasteiger partial charge in [-0.2, -0.15) is 0 Å². The van der Waals surface area contributed by atoms with Crippen molar-refractivity contribution in [1.29, 1.82) is 0 Å². The first-order chi connectivity index (χ1) is 8.13. The van der Waals surface area contributed by atoms with Crippen LogP contribution >= 0.6 is 0 Å². The number of para-hydroxylation sites is 1. The summed E-state index contributed by atoms with van der Waals surface area (Å²) in [6.07, 6.45) is 0.647. The molecule has 1 aromatic carbocycles. The van der Waals surface area contributed by atoms with E-state index in [1.165, 1.54) is 7.11 Å². The Bertz CT molecular complexity index is 403. The molecule has 0 aromatic heterocycles. The lowest BCUT2D eigenvalue weighted by Gasteiger charge is -2.05. The largest absolute Gasteiger partial charge is 0.508 e. The zero-order valence-corrected chi connectivity index (χ0v) is 9.60. The third kappa shape index (κ3) is 4.55. The molecule has 5 heteroatoms. The summed E-state index contributed by atoms with van der Waals surface area (Å²) in [7, 11) is 1.26. The van der Waals surface area contributed by atoms with Gasteiger partial charge in [-0.1, -0.05) is 18.2 Å². The molecule has 0 fully saturated rings. The Kier molecular flexibility index (Phi) is 5.00. The molecule has 0 saturated carbocycles. The number of amides is 1. The Morgan fingerprint density at radius 3 is 2.71 bits per heavy atom. The maximum Gasteiger partial charge on any atom is 0.325 e. The lowest BCUT2D eigenvalue weighted by molar-refractivity contribution is -0.141. The van der Waals surface area contributed by atoms with E-state index in [0.717, 1.165) is 0 Å². The summed E-state index contributed by atoms with van der Waals surface area (Å²) in [6, 6.07) is 6.84. The fraction of sp³-hybridized carbons (Fsp3) is 0.333. The van der Waals surface area contributed by atoms with Crippen molar-refractivity contribution in [2.24, 2.45) is 0 Å². The number of esters is 1. The highest BCUT2D eigenvalue weighted by Gasteiger charge is 2.07. The molecule has 0 aliphatic carbocycles. The maximum atomic E-state index is 11.3. The van der Waals surface area contributed by atoms with Crippen molar-refractivity contribution in [3.8, 4) is 5.75 Å². The molecule has 0 spiro atoms. The van der Waals surface area contributed by atoms with Gasteiger partial charge >= 0.3 is 5.97 Å². The number of ether oxygens (including phenoxy) is 1.